The topological polar surface area (TPSA) is 43.9 Å². The van der Waals surface area contributed by atoms with Crippen molar-refractivity contribution < 1.29 is 8.42 Å². The van der Waals surface area contributed by atoms with Crippen molar-refractivity contribution in [3.63, 3.8) is 0 Å². The highest BCUT2D eigenvalue weighted by molar-refractivity contribution is 7.89. The van der Waals surface area contributed by atoms with E-state index in [2.05, 4.69) is 16.7 Å². The fraction of sp³-hybridized carbons (Fsp3) is 0.647. The number of benzene rings is 1. The second-order valence-corrected chi connectivity index (χ2v) is 8.93. The minimum Gasteiger partial charge on any atom is -0.301 e. The summed E-state index contributed by atoms with van der Waals surface area (Å²) in [5.74, 6) is 0. The summed E-state index contributed by atoms with van der Waals surface area (Å²) in [7, 11) is -3.40. The van der Waals surface area contributed by atoms with Crippen molar-refractivity contribution in [2.45, 2.75) is 30.7 Å². The van der Waals surface area contributed by atoms with Gasteiger partial charge in [-0.25, -0.2) is 8.42 Å². The highest BCUT2D eigenvalue weighted by Crippen LogP contribution is 2.24. The zero-order valence-corrected chi connectivity index (χ0v) is 15.8. The molecule has 2 heterocycles. The molecule has 2 saturated heterocycles. The molecule has 7 heteroatoms. The molecule has 1 aromatic rings. The minimum atomic E-state index is -3.40. The van der Waals surface area contributed by atoms with Crippen LogP contribution < -0.4 is 0 Å². The Bertz CT molecular complexity index is 634. The molecule has 0 saturated carbocycles. The standard InChI is InChI=1S/C17H26ClN3O2S/c1-2-19-11-13-20(14-12-19)16-7-9-21(10-8-16)24(22,23)17-5-3-15(18)4-6-17/h3-6,16H,2,7-14H2,1H3. The van der Waals surface area contributed by atoms with E-state index in [1.165, 1.54) is 0 Å². The van der Waals surface area contributed by atoms with Crippen molar-refractivity contribution in [1.29, 1.82) is 0 Å². The first-order valence-electron chi connectivity index (χ1n) is 8.73. The number of nitrogens with zero attached hydrogens (tertiary/aromatic N) is 3. The summed E-state index contributed by atoms with van der Waals surface area (Å²) in [5.41, 5.74) is 0. The van der Waals surface area contributed by atoms with E-state index in [9.17, 15) is 8.42 Å². The Hall–Kier alpha value is -0.660. The molecule has 134 valence electrons. The summed E-state index contributed by atoms with van der Waals surface area (Å²) in [5, 5.41) is 0.555. The summed E-state index contributed by atoms with van der Waals surface area (Å²) in [4.78, 5) is 5.34. The minimum absolute atomic E-state index is 0.335. The lowest BCUT2D eigenvalue weighted by atomic mass is 10.0. The van der Waals surface area contributed by atoms with Crippen molar-refractivity contribution in [3.05, 3.63) is 29.3 Å². The van der Waals surface area contributed by atoms with Gasteiger partial charge in [-0.05, 0) is 43.7 Å². The van der Waals surface area contributed by atoms with Gasteiger partial charge >= 0.3 is 0 Å². The van der Waals surface area contributed by atoms with Crippen LogP contribution in [0.25, 0.3) is 0 Å². The van der Waals surface area contributed by atoms with E-state index in [4.69, 9.17) is 11.6 Å². The Labute approximate surface area is 150 Å². The summed E-state index contributed by atoms with van der Waals surface area (Å²) in [6.45, 7) is 8.97. The molecule has 0 N–H and O–H groups in total. The van der Waals surface area contributed by atoms with Crippen LogP contribution in [-0.4, -0.2) is 74.4 Å². The van der Waals surface area contributed by atoms with Crippen molar-refractivity contribution >= 4 is 21.6 Å². The fourth-order valence-corrected chi connectivity index (χ4v) is 5.24. The van der Waals surface area contributed by atoms with Crippen LogP contribution in [0.2, 0.25) is 5.02 Å². The largest absolute Gasteiger partial charge is 0.301 e. The number of halogens is 1. The van der Waals surface area contributed by atoms with Crippen LogP contribution in [0.4, 0.5) is 0 Å². The Morgan fingerprint density at radius 2 is 1.58 bits per heavy atom. The Morgan fingerprint density at radius 3 is 2.12 bits per heavy atom. The third-order valence-corrected chi connectivity index (χ3v) is 7.41. The van der Waals surface area contributed by atoms with Gasteiger partial charge in [-0.15, -0.1) is 0 Å². The van der Waals surface area contributed by atoms with Gasteiger partial charge < -0.3 is 4.90 Å². The van der Waals surface area contributed by atoms with Crippen LogP contribution in [0.1, 0.15) is 19.8 Å². The lowest BCUT2D eigenvalue weighted by Crippen LogP contribution is -2.53. The molecule has 0 aromatic heterocycles. The Morgan fingerprint density at radius 1 is 1.00 bits per heavy atom. The molecule has 2 fully saturated rings. The molecule has 0 spiro atoms. The maximum absolute atomic E-state index is 12.7. The number of piperidine rings is 1. The van der Waals surface area contributed by atoms with Crippen LogP contribution in [0, 0.1) is 0 Å². The average Bonchev–Trinajstić information content (AvgIpc) is 2.62. The second-order valence-electron chi connectivity index (χ2n) is 6.56. The Kier molecular flexibility index (Phi) is 5.82. The number of rotatable bonds is 4. The molecule has 0 atom stereocenters. The summed E-state index contributed by atoms with van der Waals surface area (Å²) >= 11 is 5.86. The zero-order valence-electron chi connectivity index (χ0n) is 14.2. The van der Waals surface area contributed by atoms with Crippen LogP contribution in [0.15, 0.2) is 29.2 Å². The summed E-state index contributed by atoms with van der Waals surface area (Å²) < 4.78 is 27.1. The highest BCUT2D eigenvalue weighted by atomic mass is 35.5. The van der Waals surface area contributed by atoms with E-state index in [0.717, 1.165) is 45.6 Å². The number of hydrogen-bond acceptors (Lipinski definition) is 4. The molecule has 3 rings (SSSR count). The molecular weight excluding hydrogens is 346 g/mol. The van der Waals surface area contributed by atoms with Gasteiger partial charge in [0, 0.05) is 50.3 Å². The van der Waals surface area contributed by atoms with Crippen LogP contribution >= 0.6 is 11.6 Å². The van der Waals surface area contributed by atoms with Gasteiger partial charge in [-0.2, -0.15) is 4.31 Å². The first-order valence-corrected chi connectivity index (χ1v) is 10.5. The van der Waals surface area contributed by atoms with Gasteiger partial charge in [0.15, 0.2) is 0 Å². The number of likely N-dealkylation sites (N-methyl/N-ethyl adjacent to an activating group) is 1. The normalized spacial score (nSPS) is 22.8. The average molecular weight is 372 g/mol. The number of piperazine rings is 1. The van der Waals surface area contributed by atoms with Crippen LogP contribution in [-0.2, 0) is 10.0 Å². The van der Waals surface area contributed by atoms with Crippen molar-refractivity contribution in [2.75, 3.05) is 45.8 Å². The lowest BCUT2D eigenvalue weighted by molar-refractivity contribution is 0.0750. The molecule has 2 aliphatic rings. The fourth-order valence-electron chi connectivity index (χ4n) is 3.65. The van der Waals surface area contributed by atoms with E-state index < -0.39 is 10.0 Å². The van der Waals surface area contributed by atoms with E-state index in [1.54, 1.807) is 28.6 Å². The van der Waals surface area contributed by atoms with Gasteiger partial charge in [0.25, 0.3) is 0 Å². The number of sulfonamides is 1. The SMILES string of the molecule is CCN1CCN(C2CCN(S(=O)(=O)c3ccc(Cl)cc3)CC2)CC1. The van der Waals surface area contributed by atoms with E-state index in [1.807, 2.05) is 0 Å². The van der Waals surface area contributed by atoms with Crippen molar-refractivity contribution in [2.24, 2.45) is 0 Å². The first kappa shape index (κ1) is 18.1. The maximum Gasteiger partial charge on any atom is 0.243 e. The van der Waals surface area contributed by atoms with Crippen molar-refractivity contribution in [1.82, 2.24) is 14.1 Å². The van der Waals surface area contributed by atoms with Gasteiger partial charge in [-0.1, -0.05) is 18.5 Å². The van der Waals surface area contributed by atoms with Gasteiger partial charge in [0.2, 0.25) is 10.0 Å². The predicted molar refractivity (Wildman–Crippen MR) is 96.9 cm³/mol. The number of hydrogen-bond donors (Lipinski definition) is 0. The molecule has 0 bridgehead atoms. The molecule has 0 aliphatic carbocycles. The molecule has 2 aliphatic heterocycles. The Balaban J connectivity index is 1.58. The second kappa shape index (κ2) is 7.70. The molecule has 0 amide bonds. The van der Waals surface area contributed by atoms with Crippen LogP contribution in [0.5, 0.6) is 0 Å². The maximum atomic E-state index is 12.7. The van der Waals surface area contributed by atoms with Crippen molar-refractivity contribution in [3.8, 4) is 0 Å². The quantitative estimate of drug-likeness (QED) is 0.813. The molecular formula is C17H26ClN3O2S. The first-order chi connectivity index (χ1) is 11.5. The van der Waals surface area contributed by atoms with Crippen LogP contribution in [0.3, 0.4) is 0 Å². The smallest absolute Gasteiger partial charge is 0.243 e. The molecule has 5 nitrogen and oxygen atoms in total. The molecule has 1 aromatic carbocycles. The van der Waals surface area contributed by atoms with E-state index >= 15 is 0 Å². The summed E-state index contributed by atoms with van der Waals surface area (Å²) in [6, 6.07) is 6.96. The van der Waals surface area contributed by atoms with E-state index in [-0.39, 0.29) is 0 Å². The third kappa shape index (κ3) is 3.94. The predicted octanol–water partition coefficient (Wildman–Crippen LogP) is 2.13. The zero-order chi connectivity index (χ0) is 17.2. The molecule has 24 heavy (non-hydrogen) atoms. The lowest BCUT2D eigenvalue weighted by Gasteiger charge is -2.42. The molecule has 0 unspecified atom stereocenters. The van der Waals surface area contributed by atoms with Gasteiger partial charge in [-0.3, -0.25) is 4.90 Å². The van der Waals surface area contributed by atoms with Gasteiger partial charge in [0.1, 0.15) is 0 Å². The third-order valence-electron chi connectivity index (χ3n) is 5.25. The molecule has 0 radical (unpaired) electrons. The summed E-state index contributed by atoms with van der Waals surface area (Å²) in [6.07, 6.45) is 1.83. The monoisotopic (exact) mass is 371 g/mol. The highest BCUT2D eigenvalue weighted by Gasteiger charge is 2.32. The van der Waals surface area contributed by atoms with E-state index in [0.29, 0.717) is 29.0 Å². The van der Waals surface area contributed by atoms with Gasteiger partial charge in [0.05, 0.1) is 4.90 Å².